The lowest BCUT2D eigenvalue weighted by molar-refractivity contribution is 0.122. The Kier molecular flexibility index (Phi) is 8.05. The van der Waals surface area contributed by atoms with Crippen LogP contribution in [0.1, 0.15) is 44.9 Å². The molecule has 1 atom stereocenters. The largest absolute Gasteiger partial charge is 0.383 e. The maximum Gasteiger partial charge on any atom is 0.279 e. The van der Waals surface area contributed by atoms with Crippen LogP contribution < -0.4 is 10.0 Å². The third-order valence-electron chi connectivity index (χ3n) is 4.81. The van der Waals surface area contributed by atoms with Gasteiger partial charge >= 0.3 is 0 Å². The first kappa shape index (κ1) is 20.1. The highest BCUT2D eigenvalue weighted by Crippen LogP contribution is 2.24. The standard InChI is InChI=1S/C14H29N3O3S.ClH/c1-17(13-7-4-3-5-8-13)21(18,19)16-11-14(12-20-2)9-6-10-15-14;/h13,15-16H,3-12H2,1-2H3;1H. The molecule has 0 radical (unpaired) electrons. The lowest BCUT2D eigenvalue weighted by Crippen LogP contribution is -2.55. The highest BCUT2D eigenvalue weighted by atomic mass is 35.5. The molecule has 0 amide bonds. The molecule has 2 aliphatic rings. The van der Waals surface area contributed by atoms with Gasteiger partial charge in [0.1, 0.15) is 0 Å². The zero-order valence-corrected chi connectivity index (χ0v) is 15.3. The van der Waals surface area contributed by atoms with Crippen molar-refractivity contribution in [2.24, 2.45) is 0 Å². The molecule has 1 heterocycles. The zero-order chi connectivity index (χ0) is 15.3. The molecule has 1 saturated carbocycles. The molecule has 2 N–H and O–H groups in total. The van der Waals surface area contributed by atoms with Gasteiger partial charge in [-0.2, -0.15) is 12.7 Å². The third kappa shape index (κ3) is 5.04. The molecular weight excluding hydrogens is 326 g/mol. The van der Waals surface area contributed by atoms with Crippen molar-refractivity contribution in [1.29, 1.82) is 0 Å². The van der Waals surface area contributed by atoms with Crippen LogP contribution in [0, 0.1) is 0 Å². The molecule has 0 aromatic heterocycles. The third-order valence-corrected chi connectivity index (χ3v) is 6.38. The fourth-order valence-electron chi connectivity index (χ4n) is 3.44. The van der Waals surface area contributed by atoms with E-state index in [4.69, 9.17) is 4.74 Å². The van der Waals surface area contributed by atoms with E-state index < -0.39 is 10.2 Å². The summed E-state index contributed by atoms with van der Waals surface area (Å²) >= 11 is 0. The first-order valence-corrected chi connectivity index (χ1v) is 9.40. The van der Waals surface area contributed by atoms with Gasteiger partial charge in [0.2, 0.25) is 0 Å². The second kappa shape index (κ2) is 8.80. The smallest absolute Gasteiger partial charge is 0.279 e. The van der Waals surface area contributed by atoms with Gasteiger partial charge in [-0.15, -0.1) is 12.4 Å². The predicted molar refractivity (Wildman–Crippen MR) is 90.7 cm³/mol. The van der Waals surface area contributed by atoms with E-state index in [0.29, 0.717) is 13.2 Å². The van der Waals surface area contributed by atoms with Crippen LogP contribution in [0.2, 0.25) is 0 Å². The van der Waals surface area contributed by atoms with Gasteiger partial charge in [0.25, 0.3) is 10.2 Å². The van der Waals surface area contributed by atoms with E-state index in [0.717, 1.165) is 45.1 Å². The molecule has 0 aromatic carbocycles. The van der Waals surface area contributed by atoms with E-state index in [2.05, 4.69) is 10.0 Å². The summed E-state index contributed by atoms with van der Waals surface area (Å²) in [5.41, 5.74) is -0.255. The first-order valence-electron chi connectivity index (χ1n) is 7.96. The Hall–Kier alpha value is 0.0800. The number of nitrogens with one attached hydrogen (secondary N) is 2. The van der Waals surface area contributed by atoms with E-state index in [9.17, 15) is 8.42 Å². The predicted octanol–water partition coefficient (Wildman–Crippen LogP) is 1.28. The van der Waals surface area contributed by atoms with E-state index in [1.807, 2.05) is 0 Å². The van der Waals surface area contributed by atoms with Crippen LogP contribution in [0.3, 0.4) is 0 Å². The molecule has 1 aliphatic carbocycles. The van der Waals surface area contributed by atoms with Crippen molar-refractivity contribution in [3.05, 3.63) is 0 Å². The van der Waals surface area contributed by atoms with Crippen molar-refractivity contribution in [1.82, 2.24) is 14.3 Å². The Morgan fingerprint density at radius 2 is 1.95 bits per heavy atom. The van der Waals surface area contributed by atoms with Crippen LogP contribution in [-0.2, 0) is 14.9 Å². The monoisotopic (exact) mass is 355 g/mol. The van der Waals surface area contributed by atoms with Gasteiger partial charge in [-0.1, -0.05) is 19.3 Å². The van der Waals surface area contributed by atoms with Gasteiger partial charge in [0, 0.05) is 26.7 Å². The van der Waals surface area contributed by atoms with Crippen LogP contribution in [0.4, 0.5) is 0 Å². The van der Waals surface area contributed by atoms with E-state index in [-0.39, 0.29) is 24.0 Å². The molecule has 8 heteroatoms. The lowest BCUT2D eigenvalue weighted by atomic mass is 9.96. The number of halogens is 1. The second-order valence-corrected chi connectivity index (χ2v) is 8.19. The second-order valence-electron chi connectivity index (χ2n) is 6.38. The summed E-state index contributed by atoms with van der Waals surface area (Å²) in [6.45, 7) is 1.84. The summed E-state index contributed by atoms with van der Waals surface area (Å²) in [5.74, 6) is 0. The maximum atomic E-state index is 12.5. The molecule has 2 rings (SSSR count). The fourth-order valence-corrected chi connectivity index (χ4v) is 4.71. The highest BCUT2D eigenvalue weighted by molar-refractivity contribution is 7.87. The Labute approximate surface area is 140 Å². The average molecular weight is 356 g/mol. The maximum absolute atomic E-state index is 12.5. The number of methoxy groups -OCH3 is 1. The molecular formula is C14H30ClN3O3S. The molecule has 2 fully saturated rings. The molecule has 1 unspecified atom stereocenters. The van der Waals surface area contributed by atoms with Gasteiger partial charge in [-0.05, 0) is 32.2 Å². The van der Waals surface area contributed by atoms with E-state index >= 15 is 0 Å². The van der Waals surface area contributed by atoms with Crippen molar-refractivity contribution in [2.75, 3.05) is 33.9 Å². The lowest BCUT2D eigenvalue weighted by Gasteiger charge is -2.33. The number of ether oxygens (including phenoxy) is 1. The molecule has 132 valence electrons. The molecule has 0 bridgehead atoms. The molecule has 1 aliphatic heterocycles. The summed E-state index contributed by atoms with van der Waals surface area (Å²) in [4.78, 5) is 0. The summed E-state index contributed by atoms with van der Waals surface area (Å²) in [6, 6.07) is 0.145. The summed E-state index contributed by atoms with van der Waals surface area (Å²) in [6.07, 6.45) is 7.41. The Morgan fingerprint density at radius 1 is 1.27 bits per heavy atom. The van der Waals surface area contributed by atoms with Crippen molar-refractivity contribution >= 4 is 22.6 Å². The highest BCUT2D eigenvalue weighted by Gasteiger charge is 2.36. The van der Waals surface area contributed by atoms with Gasteiger partial charge in [0.05, 0.1) is 12.1 Å². The van der Waals surface area contributed by atoms with Gasteiger partial charge in [-0.3, -0.25) is 0 Å². The minimum Gasteiger partial charge on any atom is -0.383 e. The van der Waals surface area contributed by atoms with Gasteiger partial charge < -0.3 is 10.1 Å². The normalized spacial score (nSPS) is 27.0. The number of rotatable bonds is 7. The van der Waals surface area contributed by atoms with Crippen molar-refractivity contribution < 1.29 is 13.2 Å². The number of hydrogen-bond donors (Lipinski definition) is 2. The molecule has 0 spiro atoms. The van der Waals surface area contributed by atoms with Crippen LogP contribution >= 0.6 is 12.4 Å². The van der Waals surface area contributed by atoms with Crippen molar-refractivity contribution in [3.8, 4) is 0 Å². The van der Waals surface area contributed by atoms with E-state index in [1.54, 1.807) is 14.2 Å². The SMILES string of the molecule is COCC1(CNS(=O)(=O)N(C)C2CCCCC2)CCCN1.Cl. The Balaban J connectivity index is 0.00000242. The summed E-state index contributed by atoms with van der Waals surface area (Å²) in [5, 5.41) is 3.39. The van der Waals surface area contributed by atoms with Gasteiger partial charge in [0.15, 0.2) is 0 Å². The number of hydrogen-bond acceptors (Lipinski definition) is 4. The molecule has 6 nitrogen and oxygen atoms in total. The fraction of sp³-hybridized carbons (Fsp3) is 1.00. The Bertz CT molecular complexity index is 421. The van der Waals surface area contributed by atoms with Crippen LogP contribution in [0.25, 0.3) is 0 Å². The summed E-state index contributed by atoms with van der Waals surface area (Å²) in [7, 11) is -0.0611. The molecule has 22 heavy (non-hydrogen) atoms. The minimum atomic E-state index is -3.42. The quantitative estimate of drug-likeness (QED) is 0.721. The van der Waals surface area contributed by atoms with Crippen LogP contribution in [0.5, 0.6) is 0 Å². The van der Waals surface area contributed by atoms with Crippen molar-refractivity contribution in [2.45, 2.75) is 56.5 Å². The average Bonchev–Trinajstić information content (AvgIpc) is 2.95. The van der Waals surface area contributed by atoms with Gasteiger partial charge in [-0.25, -0.2) is 4.72 Å². The topological polar surface area (TPSA) is 70.7 Å². The Morgan fingerprint density at radius 3 is 2.50 bits per heavy atom. The first-order chi connectivity index (χ1) is 9.99. The number of nitrogens with zero attached hydrogens (tertiary/aromatic N) is 1. The minimum absolute atomic E-state index is 0. The van der Waals surface area contributed by atoms with Crippen LogP contribution in [-0.4, -0.2) is 58.2 Å². The molecule has 0 aromatic rings. The zero-order valence-electron chi connectivity index (χ0n) is 13.6. The summed E-state index contributed by atoms with van der Waals surface area (Å²) < 4.78 is 34.5. The van der Waals surface area contributed by atoms with Crippen molar-refractivity contribution in [3.63, 3.8) is 0 Å². The van der Waals surface area contributed by atoms with Crippen LogP contribution in [0.15, 0.2) is 0 Å². The van der Waals surface area contributed by atoms with E-state index in [1.165, 1.54) is 10.7 Å². The molecule has 1 saturated heterocycles.